The fraction of sp³-hybridized carbons (Fsp3) is 0.350. The van der Waals surface area contributed by atoms with E-state index < -0.39 is 0 Å². The number of piperazine rings is 1. The number of thiophene rings is 1. The Bertz CT molecular complexity index is 966. The molecule has 3 heterocycles. The van der Waals surface area contributed by atoms with Gasteiger partial charge in [-0.2, -0.15) is 0 Å². The molecule has 6 nitrogen and oxygen atoms in total. The molecule has 8 heteroatoms. The largest absolute Gasteiger partial charge is 0.368 e. The smallest absolute Gasteiger partial charge is 0.219 e. The number of nitrogens with one attached hydrogen (secondary N) is 1. The lowest BCUT2D eigenvalue weighted by Gasteiger charge is -2.34. The first kappa shape index (κ1) is 18.8. The Kier molecular flexibility index (Phi) is 5.50. The van der Waals surface area contributed by atoms with E-state index in [1.165, 1.54) is 12.1 Å². The molecule has 1 aliphatic heterocycles. The first-order chi connectivity index (χ1) is 13.6. The van der Waals surface area contributed by atoms with Crippen molar-refractivity contribution in [2.24, 2.45) is 0 Å². The molecule has 1 aliphatic rings. The number of aromatic nitrogens is 2. The van der Waals surface area contributed by atoms with Crippen molar-refractivity contribution in [2.75, 3.05) is 44.6 Å². The highest BCUT2D eigenvalue weighted by atomic mass is 32.1. The predicted octanol–water partition coefficient (Wildman–Crippen LogP) is 3.07. The van der Waals surface area contributed by atoms with Gasteiger partial charge >= 0.3 is 0 Å². The molecule has 0 bridgehead atoms. The molecule has 146 valence electrons. The van der Waals surface area contributed by atoms with Crippen LogP contribution in [0.2, 0.25) is 0 Å². The van der Waals surface area contributed by atoms with Crippen LogP contribution in [0.15, 0.2) is 36.0 Å². The third-order valence-electron chi connectivity index (χ3n) is 5.06. The van der Waals surface area contributed by atoms with Crippen LogP contribution in [0.1, 0.15) is 6.92 Å². The van der Waals surface area contributed by atoms with Gasteiger partial charge < -0.3 is 10.2 Å². The van der Waals surface area contributed by atoms with Crippen LogP contribution in [0.3, 0.4) is 0 Å². The van der Waals surface area contributed by atoms with Crippen molar-refractivity contribution >= 4 is 33.3 Å². The normalized spacial score (nSPS) is 15.1. The molecular formula is C20H22FN5OS. The molecule has 4 rings (SSSR count). The second-order valence-electron chi connectivity index (χ2n) is 6.83. The van der Waals surface area contributed by atoms with Crippen molar-refractivity contribution in [3.8, 4) is 11.1 Å². The summed E-state index contributed by atoms with van der Waals surface area (Å²) in [5, 5.41) is 6.45. The van der Waals surface area contributed by atoms with Gasteiger partial charge in [0.15, 0.2) is 0 Å². The highest BCUT2D eigenvalue weighted by Gasteiger charge is 2.18. The van der Waals surface area contributed by atoms with Crippen LogP contribution in [0.4, 0.5) is 10.2 Å². The molecule has 3 aromatic rings. The van der Waals surface area contributed by atoms with Crippen LogP contribution in [-0.2, 0) is 4.79 Å². The van der Waals surface area contributed by atoms with Crippen molar-refractivity contribution in [1.82, 2.24) is 19.8 Å². The van der Waals surface area contributed by atoms with Gasteiger partial charge in [0, 0.05) is 57.1 Å². The minimum Gasteiger partial charge on any atom is -0.368 e. The molecule has 1 aromatic carbocycles. The van der Waals surface area contributed by atoms with E-state index in [9.17, 15) is 9.18 Å². The maximum atomic E-state index is 13.3. The second-order valence-corrected chi connectivity index (χ2v) is 7.69. The molecule has 1 amide bonds. The standard InChI is InChI=1S/C20H22FN5OS/c1-14(27)26-10-8-25(9-11-26)7-6-22-19-18-17(12-28-20(18)24-13-23-19)15-2-4-16(21)5-3-15/h2-5,12-13H,6-11H2,1H3,(H,22,23,24). The summed E-state index contributed by atoms with van der Waals surface area (Å²) in [6.45, 7) is 6.60. The SMILES string of the molecule is CC(=O)N1CCN(CCNc2ncnc3scc(-c4ccc(F)cc4)c23)CC1. The number of rotatable bonds is 5. The van der Waals surface area contributed by atoms with Crippen LogP contribution in [0, 0.1) is 5.82 Å². The summed E-state index contributed by atoms with van der Waals surface area (Å²) in [4.78, 5) is 25.4. The van der Waals surface area contributed by atoms with Crippen LogP contribution in [-0.4, -0.2) is 64.9 Å². The van der Waals surface area contributed by atoms with Gasteiger partial charge in [-0.1, -0.05) is 12.1 Å². The highest BCUT2D eigenvalue weighted by Crippen LogP contribution is 2.36. The molecule has 1 fully saturated rings. The number of amides is 1. The Hall–Kier alpha value is -2.58. The number of nitrogens with zero attached hydrogens (tertiary/aromatic N) is 4. The van der Waals surface area contributed by atoms with Gasteiger partial charge in [-0.15, -0.1) is 11.3 Å². The van der Waals surface area contributed by atoms with E-state index in [0.29, 0.717) is 0 Å². The van der Waals surface area contributed by atoms with Gasteiger partial charge in [0.2, 0.25) is 5.91 Å². The maximum Gasteiger partial charge on any atom is 0.219 e. The minimum absolute atomic E-state index is 0.145. The number of anilines is 1. The predicted molar refractivity (Wildman–Crippen MR) is 110 cm³/mol. The summed E-state index contributed by atoms with van der Waals surface area (Å²) in [6.07, 6.45) is 1.57. The number of benzene rings is 1. The summed E-state index contributed by atoms with van der Waals surface area (Å²) in [7, 11) is 0. The van der Waals surface area contributed by atoms with E-state index in [1.807, 2.05) is 10.3 Å². The average molecular weight is 399 g/mol. The Morgan fingerprint density at radius 2 is 1.93 bits per heavy atom. The second kappa shape index (κ2) is 8.20. The van der Waals surface area contributed by atoms with E-state index in [2.05, 4.69) is 20.2 Å². The molecule has 28 heavy (non-hydrogen) atoms. The molecule has 1 saturated heterocycles. The summed E-state index contributed by atoms with van der Waals surface area (Å²) < 4.78 is 13.3. The topological polar surface area (TPSA) is 61.4 Å². The van der Waals surface area contributed by atoms with Crippen LogP contribution >= 0.6 is 11.3 Å². The van der Waals surface area contributed by atoms with E-state index in [1.54, 1.807) is 36.7 Å². The Morgan fingerprint density at radius 1 is 1.18 bits per heavy atom. The van der Waals surface area contributed by atoms with Gasteiger partial charge in [-0.05, 0) is 17.7 Å². The Balaban J connectivity index is 1.45. The third kappa shape index (κ3) is 3.98. The van der Waals surface area contributed by atoms with E-state index in [4.69, 9.17) is 0 Å². The lowest BCUT2D eigenvalue weighted by Crippen LogP contribution is -2.49. The molecule has 2 aromatic heterocycles. The summed E-state index contributed by atoms with van der Waals surface area (Å²) in [6, 6.07) is 6.50. The number of hydrogen-bond acceptors (Lipinski definition) is 6. The summed E-state index contributed by atoms with van der Waals surface area (Å²) >= 11 is 1.56. The Labute approximate surface area is 167 Å². The fourth-order valence-corrected chi connectivity index (χ4v) is 4.39. The van der Waals surface area contributed by atoms with Crippen molar-refractivity contribution in [3.63, 3.8) is 0 Å². The number of hydrogen-bond donors (Lipinski definition) is 1. The molecule has 0 atom stereocenters. The number of fused-ring (bicyclic) bond motifs is 1. The molecule has 0 radical (unpaired) electrons. The zero-order valence-electron chi connectivity index (χ0n) is 15.7. The van der Waals surface area contributed by atoms with Crippen molar-refractivity contribution < 1.29 is 9.18 Å². The fourth-order valence-electron chi connectivity index (χ4n) is 3.47. The molecule has 1 N–H and O–H groups in total. The lowest BCUT2D eigenvalue weighted by atomic mass is 10.1. The third-order valence-corrected chi connectivity index (χ3v) is 5.95. The zero-order valence-corrected chi connectivity index (χ0v) is 16.5. The lowest BCUT2D eigenvalue weighted by molar-refractivity contribution is -0.130. The average Bonchev–Trinajstić information content (AvgIpc) is 3.14. The number of carbonyl (C=O) groups excluding carboxylic acids is 1. The van der Waals surface area contributed by atoms with Crippen molar-refractivity contribution in [3.05, 3.63) is 41.8 Å². The monoisotopic (exact) mass is 399 g/mol. The van der Waals surface area contributed by atoms with E-state index >= 15 is 0 Å². The summed E-state index contributed by atoms with van der Waals surface area (Å²) in [5.74, 6) is 0.697. The first-order valence-corrected chi connectivity index (χ1v) is 10.2. The van der Waals surface area contributed by atoms with E-state index in [0.717, 1.165) is 66.4 Å². The van der Waals surface area contributed by atoms with Gasteiger partial charge in [0.05, 0.1) is 5.39 Å². The number of halogens is 1. The minimum atomic E-state index is -0.247. The first-order valence-electron chi connectivity index (χ1n) is 9.31. The summed E-state index contributed by atoms with van der Waals surface area (Å²) in [5.41, 5.74) is 1.96. The molecule has 0 spiro atoms. The Morgan fingerprint density at radius 3 is 2.64 bits per heavy atom. The van der Waals surface area contributed by atoms with Gasteiger partial charge in [-0.25, -0.2) is 14.4 Å². The van der Waals surface area contributed by atoms with Crippen molar-refractivity contribution in [2.45, 2.75) is 6.92 Å². The molecule has 0 unspecified atom stereocenters. The highest BCUT2D eigenvalue weighted by molar-refractivity contribution is 7.17. The number of carbonyl (C=O) groups is 1. The van der Waals surface area contributed by atoms with E-state index in [-0.39, 0.29) is 11.7 Å². The van der Waals surface area contributed by atoms with Gasteiger partial charge in [0.25, 0.3) is 0 Å². The molecule has 0 saturated carbocycles. The van der Waals surface area contributed by atoms with Gasteiger partial charge in [-0.3, -0.25) is 9.69 Å². The molecule has 0 aliphatic carbocycles. The van der Waals surface area contributed by atoms with Crippen LogP contribution in [0.5, 0.6) is 0 Å². The quantitative estimate of drug-likeness (QED) is 0.715. The maximum absolute atomic E-state index is 13.3. The van der Waals surface area contributed by atoms with Crippen molar-refractivity contribution in [1.29, 1.82) is 0 Å². The zero-order chi connectivity index (χ0) is 19.5. The van der Waals surface area contributed by atoms with Gasteiger partial charge in [0.1, 0.15) is 22.8 Å². The van der Waals surface area contributed by atoms with Crippen LogP contribution in [0.25, 0.3) is 21.3 Å². The van der Waals surface area contributed by atoms with Crippen LogP contribution < -0.4 is 5.32 Å². The molecular weight excluding hydrogens is 377 g/mol.